The van der Waals surface area contributed by atoms with Gasteiger partial charge in [-0.2, -0.15) is 0 Å². The van der Waals surface area contributed by atoms with Gasteiger partial charge in [-0.25, -0.2) is 0 Å². The molecule has 1 atom stereocenters. The van der Waals surface area contributed by atoms with Crippen LogP contribution in [0.5, 0.6) is 0 Å². The molecule has 1 aromatic rings. The summed E-state index contributed by atoms with van der Waals surface area (Å²) in [7, 11) is 0. The number of hydrogen-bond acceptors (Lipinski definition) is 5. The van der Waals surface area contributed by atoms with Gasteiger partial charge >= 0.3 is 0 Å². The van der Waals surface area contributed by atoms with Gasteiger partial charge in [0, 0.05) is 25.7 Å². The van der Waals surface area contributed by atoms with E-state index in [-0.39, 0.29) is 24.4 Å². The Morgan fingerprint density at radius 3 is 3.06 bits per heavy atom. The molecule has 1 aromatic heterocycles. The minimum atomic E-state index is 0. The summed E-state index contributed by atoms with van der Waals surface area (Å²) in [5.41, 5.74) is 0.820. The minimum absolute atomic E-state index is 0. The lowest BCUT2D eigenvalue weighted by molar-refractivity contribution is 0.0659. The van der Waals surface area contributed by atoms with Crippen LogP contribution in [0.4, 0.5) is 0 Å². The van der Waals surface area contributed by atoms with Gasteiger partial charge in [0.2, 0.25) is 0 Å². The van der Waals surface area contributed by atoms with Crippen molar-refractivity contribution in [2.75, 3.05) is 19.6 Å². The molecule has 2 heterocycles. The molecule has 0 aliphatic carbocycles. The predicted molar refractivity (Wildman–Crippen MR) is 69.9 cm³/mol. The Morgan fingerprint density at radius 1 is 1.65 bits per heavy atom. The van der Waals surface area contributed by atoms with Crippen molar-refractivity contribution >= 4 is 29.8 Å². The van der Waals surface area contributed by atoms with Crippen molar-refractivity contribution in [1.82, 2.24) is 19.8 Å². The van der Waals surface area contributed by atoms with Gasteiger partial charge in [0.25, 0.3) is 5.91 Å². The van der Waals surface area contributed by atoms with E-state index in [1.54, 1.807) is 0 Å². The summed E-state index contributed by atoms with van der Waals surface area (Å²) in [6.07, 6.45) is 0.762. The summed E-state index contributed by atoms with van der Waals surface area (Å²) in [6, 6.07) is 0.244. The van der Waals surface area contributed by atoms with Gasteiger partial charge < -0.3 is 10.2 Å². The molecule has 1 fully saturated rings. The lowest BCUT2D eigenvalue weighted by Crippen LogP contribution is -2.52. The number of aromatic nitrogens is 2. The second-order valence-corrected chi connectivity index (χ2v) is 4.71. The monoisotopic (exact) mass is 276 g/mol. The average Bonchev–Trinajstić information content (AvgIpc) is 2.77. The van der Waals surface area contributed by atoms with Crippen molar-refractivity contribution in [2.45, 2.75) is 26.3 Å². The van der Waals surface area contributed by atoms with Crippen LogP contribution in [0.25, 0.3) is 0 Å². The maximum absolute atomic E-state index is 12.3. The van der Waals surface area contributed by atoms with Gasteiger partial charge in [-0.15, -0.1) is 17.5 Å². The Labute approximate surface area is 111 Å². The normalized spacial score (nSPS) is 19.9. The van der Waals surface area contributed by atoms with Crippen molar-refractivity contribution < 1.29 is 4.79 Å². The van der Waals surface area contributed by atoms with Gasteiger partial charge in [0.05, 0.1) is 5.69 Å². The first-order chi connectivity index (χ1) is 7.74. The van der Waals surface area contributed by atoms with Crippen LogP contribution in [0.1, 0.15) is 29.2 Å². The highest BCUT2D eigenvalue weighted by Crippen LogP contribution is 2.16. The summed E-state index contributed by atoms with van der Waals surface area (Å²) in [4.78, 5) is 14.9. The second kappa shape index (κ2) is 6.28. The molecule has 1 aliphatic heterocycles. The van der Waals surface area contributed by atoms with E-state index >= 15 is 0 Å². The number of halogens is 1. The quantitative estimate of drug-likeness (QED) is 0.874. The molecule has 1 aliphatic rings. The molecule has 17 heavy (non-hydrogen) atoms. The number of hydrogen-bond donors (Lipinski definition) is 1. The lowest BCUT2D eigenvalue weighted by atomic mass is 10.2. The minimum Gasteiger partial charge on any atom is -0.333 e. The molecular weight excluding hydrogens is 260 g/mol. The number of amides is 1. The van der Waals surface area contributed by atoms with Crippen molar-refractivity contribution in [3.8, 4) is 0 Å². The number of nitrogens with zero attached hydrogens (tertiary/aromatic N) is 3. The zero-order chi connectivity index (χ0) is 11.5. The molecule has 1 amide bonds. The molecule has 0 saturated carbocycles. The molecule has 5 nitrogen and oxygen atoms in total. The van der Waals surface area contributed by atoms with Crippen LogP contribution in [0.2, 0.25) is 0 Å². The average molecular weight is 277 g/mol. The molecule has 96 valence electrons. The van der Waals surface area contributed by atoms with Gasteiger partial charge in [-0.05, 0) is 24.9 Å². The highest BCUT2D eigenvalue weighted by Gasteiger charge is 2.27. The third-order valence-corrected chi connectivity index (χ3v) is 3.60. The van der Waals surface area contributed by atoms with E-state index in [1.165, 1.54) is 11.5 Å². The fraction of sp³-hybridized carbons (Fsp3) is 0.700. The van der Waals surface area contributed by atoms with Crippen LogP contribution in [0.3, 0.4) is 0 Å². The van der Waals surface area contributed by atoms with Crippen LogP contribution in [-0.4, -0.2) is 46.1 Å². The standard InChI is InChI=1S/C10H16N4OS.ClH/c1-3-8-9(16-13-12-8)10(15)14-5-4-11-6-7(14)2;/h7,11H,3-6H2,1-2H3;1H/t7-;/m1./s1. The van der Waals surface area contributed by atoms with Crippen molar-refractivity contribution in [3.63, 3.8) is 0 Å². The van der Waals surface area contributed by atoms with E-state index in [1.807, 2.05) is 11.8 Å². The van der Waals surface area contributed by atoms with E-state index in [0.29, 0.717) is 4.88 Å². The zero-order valence-electron chi connectivity index (χ0n) is 9.97. The Morgan fingerprint density at radius 2 is 2.41 bits per heavy atom. The molecule has 1 saturated heterocycles. The van der Waals surface area contributed by atoms with E-state index in [4.69, 9.17) is 0 Å². The number of piperazine rings is 1. The first-order valence-electron chi connectivity index (χ1n) is 5.57. The first kappa shape index (κ1) is 14.3. The summed E-state index contributed by atoms with van der Waals surface area (Å²) in [5, 5.41) is 7.25. The summed E-state index contributed by atoms with van der Waals surface area (Å²) in [5.74, 6) is 0.0841. The maximum atomic E-state index is 12.3. The highest BCUT2D eigenvalue weighted by atomic mass is 35.5. The molecular formula is C10H17ClN4OS. The van der Waals surface area contributed by atoms with Crippen molar-refractivity contribution in [1.29, 1.82) is 0 Å². The third-order valence-electron chi connectivity index (χ3n) is 2.85. The summed E-state index contributed by atoms with van der Waals surface area (Å²) < 4.78 is 3.86. The number of rotatable bonds is 2. The van der Waals surface area contributed by atoms with Crippen molar-refractivity contribution in [2.24, 2.45) is 0 Å². The maximum Gasteiger partial charge on any atom is 0.267 e. The number of nitrogens with one attached hydrogen (secondary N) is 1. The van der Waals surface area contributed by atoms with Gasteiger partial charge in [0.15, 0.2) is 0 Å². The molecule has 0 unspecified atom stereocenters. The van der Waals surface area contributed by atoms with Crippen LogP contribution >= 0.6 is 23.9 Å². The molecule has 0 spiro atoms. The van der Waals surface area contributed by atoms with E-state index in [0.717, 1.165) is 31.7 Å². The second-order valence-electron chi connectivity index (χ2n) is 3.95. The smallest absolute Gasteiger partial charge is 0.267 e. The third kappa shape index (κ3) is 2.94. The van der Waals surface area contributed by atoms with Crippen molar-refractivity contribution in [3.05, 3.63) is 10.6 Å². The molecule has 2 rings (SSSR count). The van der Waals surface area contributed by atoms with Gasteiger partial charge in [-0.1, -0.05) is 11.4 Å². The largest absolute Gasteiger partial charge is 0.333 e. The van der Waals surface area contributed by atoms with E-state index < -0.39 is 0 Å². The predicted octanol–water partition coefficient (Wildman–Crippen LogP) is 0.956. The molecule has 7 heteroatoms. The molecule has 1 N–H and O–H groups in total. The first-order valence-corrected chi connectivity index (χ1v) is 6.34. The molecule has 0 aromatic carbocycles. The Bertz CT molecular complexity index is 384. The number of aryl methyl sites for hydroxylation is 1. The fourth-order valence-corrected chi connectivity index (χ4v) is 2.58. The van der Waals surface area contributed by atoms with Crippen LogP contribution in [-0.2, 0) is 6.42 Å². The van der Waals surface area contributed by atoms with Gasteiger partial charge in [-0.3, -0.25) is 4.79 Å². The van der Waals surface area contributed by atoms with Gasteiger partial charge in [0.1, 0.15) is 4.88 Å². The summed E-state index contributed by atoms with van der Waals surface area (Å²) in [6.45, 7) is 6.54. The Kier molecular flexibility index (Phi) is 5.30. The Balaban J connectivity index is 0.00000144. The lowest BCUT2D eigenvalue weighted by Gasteiger charge is -2.33. The zero-order valence-corrected chi connectivity index (χ0v) is 11.6. The van der Waals surface area contributed by atoms with Crippen LogP contribution < -0.4 is 5.32 Å². The SMILES string of the molecule is CCc1nnsc1C(=O)N1CCNC[C@H]1C.Cl. The van der Waals surface area contributed by atoms with Crippen LogP contribution in [0.15, 0.2) is 0 Å². The summed E-state index contributed by atoms with van der Waals surface area (Å²) >= 11 is 1.21. The topological polar surface area (TPSA) is 58.1 Å². The Hall–Kier alpha value is -0.720. The van der Waals surface area contributed by atoms with E-state index in [9.17, 15) is 4.79 Å². The molecule has 0 radical (unpaired) electrons. The van der Waals surface area contributed by atoms with E-state index in [2.05, 4.69) is 21.8 Å². The number of carbonyl (C=O) groups excluding carboxylic acids is 1. The van der Waals surface area contributed by atoms with Crippen LogP contribution in [0, 0.1) is 0 Å². The fourth-order valence-electron chi connectivity index (χ4n) is 1.88. The molecule has 0 bridgehead atoms. The highest BCUT2D eigenvalue weighted by molar-refractivity contribution is 7.08. The number of carbonyl (C=O) groups is 1.